The molecule has 3 aromatic carbocycles. The molecular weight excluding hydrogens is 394 g/mol. The van der Waals surface area contributed by atoms with Gasteiger partial charge in [0.05, 0.1) is 39.2 Å². The molecule has 1 aliphatic carbocycles. The van der Waals surface area contributed by atoms with E-state index in [0.29, 0.717) is 16.1 Å². The Labute approximate surface area is 177 Å². The molecule has 6 rings (SSSR count). The summed E-state index contributed by atoms with van der Waals surface area (Å²) in [5.41, 5.74) is 4.63. The summed E-state index contributed by atoms with van der Waals surface area (Å²) >= 11 is 6.95. The maximum Gasteiger partial charge on any atom is 0.262 e. The molecule has 2 aliphatic rings. The molecule has 5 heteroatoms. The van der Waals surface area contributed by atoms with Crippen LogP contribution >= 0.6 is 11.6 Å². The molecule has 0 fully saturated rings. The van der Waals surface area contributed by atoms with Gasteiger partial charge in [-0.3, -0.25) is 9.36 Å². The second-order valence-corrected chi connectivity index (χ2v) is 7.79. The van der Waals surface area contributed by atoms with Crippen LogP contribution in [-0.4, -0.2) is 22.2 Å². The summed E-state index contributed by atoms with van der Waals surface area (Å²) in [6, 6.07) is 19.2. The fourth-order valence-electron chi connectivity index (χ4n) is 4.27. The molecular formula is C25H16ClN3O. The van der Waals surface area contributed by atoms with Crippen LogP contribution in [0, 0.1) is 0 Å². The van der Waals surface area contributed by atoms with E-state index >= 15 is 0 Å². The third kappa shape index (κ3) is 2.41. The summed E-state index contributed by atoms with van der Waals surface area (Å²) in [6.07, 6.45) is 8.02. The lowest BCUT2D eigenvalue weighted by atomic mass is 10.0. The molecule has 0 saturated carbocycles. The molecule has 4 aromatic rings. The van der Waals surface area contributed by atoms with Crippen LogP contribution in [0.25, 0.3) is 21.8 Å². The van der Waals surface area contributed by atoms with E-state index in [1.54, 1.807) is 4.57 Å². The number of nitrogens with one attached hydrogen (secondary N) is 1. The number of allylic oxidation sites excluding steroid dienone is 2. The zero-order valence-electron chi connectivity index (χ0n) is 15.8. The minimum absolute atomic E-state index is 0.0277. The maximum atomic E-state index is 13.5. The third-order valence-electron chi connectivity index (χ3n) is 5.65. The van der Waals surface area contributed by atoms with Crippen molar-refractivity contribution < 1.29 is 4.79 Å². The number of hydrogen-bond donors (Lipinski definition) is 1. The molecule has 1 N–H and O–H groups in total. The van der Waals surface area contributed by atoms with Crippen LogP contribution in [0.15, 0.2) is 90.0 Å². The number of hydrogen-bond acceptors (Lipinski definition) is 3. The van der Waals surface area contributed by atoms with E-state index in [1.807, 2.05) is 85.0 Å². The van der Waals surface area contributed by atoms with Gasteiger partial charge in [-0.05, 0) is 30.3 Å². The summed E-state index contributed by atoms with van der Waals surface area (Å²) in [5, 5.41) is 5.88. The van der Waals surface area contributed by atoms with Gasteiger partial charge in [0.15, 0.2) is 0 Å². The molecule has 30 heavy (non-hydrogen) atoms. The van der Waals surface area contributed by atoms with Gasteiger partial charge in [0, 0.05) is 16.3 Å². The summed E-state index contributed by atoms with van der Waals surface area (Å²) in [5.74, 6) is -0.107. The summed E-state index contributed by atoms with van der Waals surface area (Å²) in [6.45, 7) is 0. The van der Waals surface area contributed by atoms with E-state index in [4.69, 9.17) is 16.6 Å². The van der Waals surface area contributed by atoms with Gasteiger partial charge in [0.2, 0.25) is 0 Å². The number of carbonyl (C=O) groups is 1. The third-order valence-corrected chi connectivity index (χ3v) is 6.02. The highest BCUT2D eigenvalue weighted by molar-refractivity contribution is 6.41. The lowest BCUT2D eigenvalue weighted by Crippen LogP contribution is -2.30. The van der Waals surface area contributed by atoms with Crippen LogP contribution < -0.4 is 5.32 Å². The number of para-hydroxylation sites is 1. The normalized spacial score (nSPS) is 16.8. The van der Waals surface area contributed by atoms with Crippen molar-refractivity contribution in [2.75, 3.05) is 5.32 Å². The van der Waals surface area contributed by atoms with Gasteiger partial charge < -0.3 is 5.32 Å². The van der Waals surface area contributed by atoms with Crippen LogP contribution in [0.4, 0.5) is 11.4 Å². The molecule has 4 nitrogen and oxygen atoms in total. The highest BCUT2D eigenvalue weighted by Gasteiger charge is 2.27. The minimum Gasteiger partial charge on any atom is -0.370 e. The van der Waals surface area contributed by atoms with Gasteiger partial charge >= 0.3 is 0 Å². The molecule has 0 saturated heterocycles. The highest BCUT2D eigenvalue weighted by Crippen LogP contribution is 2.45. The zero-order chi connectivity index (χ0) is 20.2. The Balaban J connectivity index is 1.69. The molecule has 0 amide bonds. The predicted molar refractivity (Wildman–Crippen MR) is 123 cm³/mol. The Hall–Kier alpha value is -3.63. The molecule has 1 aromatic heterocycles. The highest BCUT2D eigenvalue weighted by atomic mass is 35.5. The first-order valence-corrected chi connectivity index (χ1v) is 10.2. The van der Waals surface area contributed by atoms with E-state index in [0.717, 1.165) is 33.4 Å². The lowest BCUT2D eigenvalue weighted by Gasteiger charge is -2.26. The molecule has 1 atom stereocenters. The van der Waals surface area contributed by atoms with Crippen molar-refractivity contribution in [3.8, 4) is 0 Å². The second kappa shape index (κ2) is 6.44. The Morgan fingerprint density at radius 3 is 2.67 bits per heavy atom. The van der Waals surface area contributed by atoms with Crippen LogP contribution in [0.3, 0.4) is 0 Å². The number of carbonyl (C=O) groups excluding carboxylic acids is 1. The van der Waals surface area contributed by atoms with Gasteiger partial charge in [0.1, 0.15) is 0 Å². The second-order valence-electron chi connectivity index (χ2n) is 7.41. The Morgan fingerprint density at radius 2 is 1.80 bits per heavy atom. The van der Waals surface area contributed by atoms with Gasteiger partial charge in [-0.1, -0.05) is 66.2 Å². The SMILES string of the molecule is O=C(c1ccccc1)n1c2ccccc2c2cc3c(c(Cl)c21)NC1C=CC=CC1=N3. The van der Waals surface area contributed by atoms with E-state index in [1.165, 1.54) is 0 Å². The predicted octanol–water partition coefficient (Wildman–Crippen LogP) is 6.13. The number of nitrogens with zero attached hydrogens (tertiary/aromatic N) is 2. The smallest absolute Gasteiger partial charge is 0.262 e. The zero-order valence-corrected chi connectivity index (χ0v) is 16.6. The molecule has 2 heterocycles. The molecule has 0 spiro atoms. The molecule has 0 radical (unpaired) electrons. The summed E-state index contributed by atoms with van der Waals surface area (Å²) in [7, 11) is 0. The van der Waals surface area contributed by atoms with Gasteiger partial charge in [0.25, 0.3) is 5.91 Å². The Bertz CT molecular complexity index is 1440. The van der Waals surface area contributed by atoms with Crippen molar-refractivity contribution in [3.05, 3.63) is 95.6 Å². The number of aliphatic imine (C=N–C) groups is 1. The van der Waals surface area contributed by atoms with Crippen molar-refractivity contribution in [1.29, 1.82) is 0 Å². The average molecular weight is 410 g/mol. The van der Waals surface area contributed by atoms with E-state index < -0.39 is 0 Å². The number of rotatable bonds is 1. The van der Waals surface area contributed by atoms with Gasteiger partial charge in [-0.2, -0.15) is 0 Å². The number of benzene rings is 3. The number of fused-ring (bicyclic) bond motifs is 5. The van der Waals surface area contributed by atoms with E-state index in [-0.39, 0.29) is 11.9 Å². The van der Waals surface area contributed by atoms with Crippen molar-refractivity contribution in [2.24, 2.45) is 4.99 Å². The van der Waals surface area contributed by atoms with Crippen molar-refractivity contribution in [1.82, 2.24) is 4.57 Å². The van der Waals surface area contributed by atoms with Crippen molar-refractivity contribution >= 4 is 56.4 Å². The number of halogens is 1. The fraction of sp³-hybridized carbons (Fsp3) is 0.0400. The van der Waals surface area contributed by atoms with Crippen LogP contribution in [0.2, 0.25) is 5.02 Å². The van der Waals surface area contributed by atoms with Crippen molar-refractivity contribution in [3.63, 3.8) is 0 Å². The maximum absolute atomic E-state index is 13.5. The minimum atomic E-state index is -0.107. The van der Waals surface area contributed by atoms with Crippen LogP contribution in [-0.2, 0) is 0 Å². The molecule has 1 unspecified atom stereocenters. The fourth-order valence-corrected chi connectivity index (χ4v) is 4.61. The first-order valence-electron chi connectivity index (χ1n) is 9.78. The van der Waals surface area contributed by atoms with Gasteiger partial charge in [-0.15, -0.1) is 0 Å². The monoisotopic (exact) mass is 409 g/mol. The standard InChI is InChI=1S/C25H16ClN3O/c26-22-23-20(27-18-11-5-6-12-19(18)28-23)14-17-16-10-4-7-13-21(16)29(24(17)22)25(30)15-8-2-1-3-9-15/h1-14,19,28H. The number of aromatic nitrogens is 1. The van der Waals surface area contributed by atoms with E-state index in [9.17, 15) is 4.79 Å². The molecule has 1 aliphatic heterocycles. The van der Waals surface area contributed by atoms with Crippen LogP contribution in [0.1, 0.15) is 10.4 Å². The lowest BCUT2D eigenvalue weighted by molar-refractivity contribution is 0.0969. The first kappa shape index (κ1) is 17.2. The topological polar surface area (TPSA) is 46.4 Å². The largest absolute Gasteiger partial charge is 0.370 e. The quantitative estimate of drug-likeness (QED) is 0.411. The van der Waals surface area contributed by atoms with Gasteiger partial charge in [-0.25, -0.2) is 4.99 Å². The molecule has 0 bridgehead atoms. The number of anilines is 1. The van der Waals surface area contributed by atoms with E-state index in [2.05, 4.69) is 5.32 Å². The van der Waals surface area contributed by atoms with Crippen molar-refractivity contribution in [2.45, 2.75) is 6.04 Å². The first-order chi connectivity index (χ1) is 14.7. The summed E-state index contributed by atoms with van der Waals surface area (Å²) < 4.78 is 1.72. The average Bonchev–Trinajstić information content (AvgIpc) is 3.13. The Kier molecular flexibility index (Phi) is 3.70. The molecule has 144 valence electrons. The Morgan fingerprint density at radius 1 is 1.00 bits per heavy atom. The summed E-state index contributed by atoms with van der Waals surface area (Å²) in [4.78, 5) is 18.4. The van der Waals surface area contributed by atoms with Crippen LogP contribution in [0.5, 0.6) is 0 Å².